The van der Waals surface area contributed by atoms with Gasteiger partial charge in [0, 0.05) is 10.6 Å². The van der Waals surface area contributed by atoms with Crippen molar-refractivity contribution in [3.8, 4) is 0 Å². The van der Waals surface area contributed by atoms with E-state index in [1.54, 1.807) is 12.1 Å². The highest BCUT2D eigenvalue weighted by Crippen LogP contribution is 2.26. The predicted octanol–water partition coefficient (Wildman–Crippen LogP) is 3.49. The number of nitrogens with one attached hydrogen (secondary N) is 1. The minimum absolute atomic E-state index is 0.337. The molecule has 0 unspecified atom stereocenters. The summed E-state index contributed by atoms with van der Waals surface area (Å²) in [6, 6.07) is 15.0. The van der Waals surface area contributed by atoms with Crippen LogP contribution in [-0.2, 0) is 4.74 Å². The lowest BCUT2D eigenvalue weighted by atomic mass is 10.1. The molecule has 0 saturated heterocycles. The lowest BCUT2D eigenvalue weighted by molar-refractivity contribution is 0.0601. The molecule has 1 N–H and O–H groups in total. The SMILES string of the molecule is COC(=O)c1ccc(N2CC=C(c3ccccc3Cl)N2)cc1. The van der Waals surface area contributed by atoms with Gasteiger partial charge in [-0.2, -0.15) is 0 Å². The highest BCUT2D eigenvalue weighted by molar-refractivity contribution is 6.32. The minimum Gasteiger partial charge on any atom is -0.465 e. The molecule has 1 aliphatic heterocycles. The third kappa shape index (κ3) is 2.78. The molecule has 3 rings (SSSR count). The van der Waals surface area contributed by atoms with Crippen molar-refractivity contribution < 1.29 is 9.53 Å². The Hall–Kier alpha value is -2.46. The summed E-state index contributed by atoms with van der Waals surface area (Å²) in [4.78, 5) is 11.4. The van der Waals surface area contributed by atoms with Gasteiger partial charge in [0.1, 0.15) is 0 Å². The van der Waals surface area contributed by atoms with Crippen molar-refractivity contribution in [1.82, 2.24) is 5.43 Å². The lowest BCUT2D eigenvalue weighted by Gasteiger charge is -2.21. The Morgan fingerprint density at radius 2 is 1.91 bits per heavy atom. The molecule has 0 aromatic heterocycles. The van der Waals surface area contributed by atoms with E-state index in [0.29, 0.717) is 10.6 Å². The first-order valence-electron chi connectivity index (χ1n) is 6.86. The van der Waals surface area contributed by atoms with E-state index in [4.69, 9.17) is 16.3 Å². The summed E-state index contributed by atoms with van der Waals surface area (Å²) >= 11 is 6.22. The van der Waals surface area contributed by atoms with Crippen LogP contribution in [0.15, 0.2) is 54.6 Å². The van der Waals surface area contributed by atoms with Crippen molar-refractivity contribution in [2.45, 2.75) is 0 Å². The van der Waals surface area contributed by atoms with Crippen LogP contribution in [0.4, 0.5) is 5.69 Å². The van der Waals surface area contributed by atoms with E-state index in [2.05, 4.69) is 11.5 Å². The summed E-state index contributed by atoms with van der Waals surface area (Å²) in [7, 11) is 1.37. The molecule has 5 heteroatoms. The van der Waals surface area contributed by atoms with Crippen molar-refractivity contribution in [3.63, 3.8) is 0 Å². The number of benzene rings is 2. The van der Waals surface area contributed by atoms with Gasteiger partial charge in [-0.1, -0.05) is 29.8 Å². The first-order chi connectivity index (χ1) is 10.7. The standard InChI is InChI=1S/C17H15ClN2O2/c1-22-17(21)12-6-8-13(9-7-12)20-11-10-16(19-20)14-4-2-3-5-15(14)18/h2-10,19H,11H2,1H3. The summed E-state index contributed by atoms with van der Waals surface area (Å²) < 4.78 is 4.70. The van der Waals surface area contributed by atoms with Gasteiger partial charge in [0.05, 0.1) is 30.6 Å². The van der Waals surface area contributed by atoms with Crippen LogP contribution < -0.4 is 10.4 Å². The van der Waals surface area contributed by atoms with Gasteiger partial charge in [-0.15, -0.1) is 0 Å². The molecule has 0 aliphatic carbocycles. The summed E-state index contributed by atoms with van der Waals surface area (Å²) in [5.41, 5.74) is 6.76. The van der Waals surface area contributed by atoms with Crippen LogP contribution in [0, 0.1) is 0 Å². The largest absolute Gasteiger partial charge is 0.465 e. The molecule has 2 aromatic rings. The number of methoxy groups -OCH3 is 1. The van der Waals surface area contributed by atoms with Crippen molar-refractivity contribution in [2.75, 3.05) is 18.7 Å². The summed E-state index contributed by atoms with van der Waals surface area (Å²) in [6.07, 6.45) is 2.08. The fourth-order valence-corrected chi connectivity index (χ4v) is 2.57. The van der Waals surface area contributed by atoms with E-state index in [9.17, 15) is 4.79 Å². The maximum Gasteiger partial charge on any atom is 0.337 e. The Morgan fingerprint density at radius 1 is 1.18 bits per heavy atom. The summed E-state index contributed by atoms with van der Waals surface area (Å²) in [5, 5.41) is 2.70. The number of anilines is 1. The van der Waals surface area contributed by atoms with Gasteiger partial charge in [0.25, 0.3) is 0 Å². The van der Waals surface area contributed by atoms with Gasteiger partial charge in [0.2, 0.25) is 0 Å². The Balaban J connectivity index is 1.74. The molecule has 0 atom stereocenters. The molecular formula is C17H15ClN2O2. The minimum atomic E-state index is -0.337. The highest BCUT2D eigenvalue weighted by atomic mass is 35.5. The lowest BCUT2D eigenvalue weighted by Crippen LogP contribution is -2.31. The number of nitrogens with zero attached hydrogens (tertiary/aromatic N) is 1. The number of hydrogen-bond donors (Lipinski definition) is 1. The third-order valence-electron chi connectivity index (χ3n) is 3.50. The van der Waals surface area contributed by atoms with Crippen molar-refractivity contribution in [3.05, 3.63) is 70.8 Å². The molecule has 0 radical (unpaired) electrons. The van der Waals surface area contributed by atoms with Crippen LogP contribution in [0.1, 0.15) is 15.9 Å². The number of rotatable bonds is 3. The second-order valence-electron chi connectivity index (χ2n) is 4.86. The maximum atomic E-state index is 11.4. The molecule has 2 aromatic carbocycles. The molecule has 1 aliphatic rings. The summed E-state index contributed by atoms with van der Waals surface area (Å²) in [5.74, 6) is -0.337. The molecule has 0 fully saturated rings. The van der Waals surface area contributed by atoms with E-state index >= 15 is 0 Å². The van der Waals surface area contributed by atoms with Gasteiger partial charge in [-0.05, 0) is 36.4 Å². The van der Waals surface area contributed by atoms with E-state index in [1.807, 2.05) is 41.4 Å². The average Bonchev–Trinajstić information content (AvgIpc) is 3.04. The second kappa shape index (κ2) is 6.12. The van der Waals surface area contributed by atoms with Crippen molar-refractivity contribution >= 4 is 29.0 Å². The Labute approximate surface area is 133 Å². The number of carbonyl (C=O) groups is 1. The number of halogens is 1. The molecule has 0 spiro atoms. The molecule has 0 bridgehead atoms. The van der Waals surface area contributed by atoms with Gasteiger partial charge in [-0.25, -0.2) is 4.79 Å². The van der Waals surface area contributed by atoms with Crippen LogP contribution >= 0.6 is 11.6 Å². The average molecular weight is 315 g/mol. The zero-order valence-electron chi connectivity index (χ0n) is 12.0. The first-order valence-corrected chi connectivity index (χ1v) is 7.24. The van der Waals surface area contributed by atoms with Gasteiger partial charge >= 0.3 is 5.97 Å². The van der Waals surface area contributed by atoms with E-state index in [0.717, 1.165) is 23.5 Å². The zero-order chi connectivity index (χ0) is 15.5. The Morgan fingerprint density at radius 3 is 2.59 bits per heavy atom. The molecule has 1 heterocycles. The molecular weight excluding hydrogens is 300 g/mol. The summed E-state index contributed by atoms with van der Waals surface area (Å²) in [6.45, 7) is 0.720. The maximum absolute atomic E-state index is 11.4. The topological polar surface area (TPSA) is 41.6 Å². The van der Waals surface area contributed by atoms with E-state index in [-0.39, 0.29) is 5.97 Å². The monoisotopic (exact) mass is 314 g/mol. The smallest absolute Gasteiger partial charge is 0.337 e. The number of hydrazine groups is 1. The van der Waals surface area contributed by atoms with Crippen LogP contribution in [0.3, 0.4) is 0 Å². The number of hydrogen-bond acceptors (Lipinski definition) is 4. The zero-order valence-corrected chi connectivity index (χ0v) is 12.8. The fourth-order valence-electron chi connectivity index (χ4n) is 2.33. The van der Waals surface area contributed by atoms with E-state index < -0.39 is 0 Å². The normalized spacial score (nSPS) is 13.5. The van der Waals surface area contributed by atoms with Gasteiger partial charge in [-0.3, -0.25) is 10.4 Å². The quantitative estimate of drug-likeness (QED) is 0.881. The molecule has 0 amide bonds. The number of ether oxygens (including phenoxy) is 1. The number of carbonyl (C=O) groups excluding carboxylic acids is 1. The van der Waals surface area contributed by atoms with Crippen LogP contribution in [0.2, 0.25) is 5.02 Å². The third-order valence-corrected chi connectivity index (χ3v) is 3.83. The van der Waals surface area contributed by atoms with Crippen LogP contribution in [0.5, 0.6) is 0 Å². The highest BCUT2D eigenvalue weighted by Gasteiger charge is 2.17. The van der Waals surface area contributed by atoms with Crippen LogP contribution in [-0.4, -0.2) is 19.6 Å². The fraction of sp³-hybridized carbons (Fsp3) is 0.118. The van der Waals surface area contributed by atoms with Crippen LogP contribution in [0.25, 0.3) is 5.70 Å². The number of esters is 1. The molecule has 112 valence electrons. The molecule has 4 nitrogen and oxygen atoms in total. The first kappa shape index (κ1) is 14.5. The predicted molar refractivity (Wildman–Crippen MR) is 87.7 cm³/mol. The second-order valence-corrected chi connectivity index (χ2v) is 5.27. The van der Waals surface area contributed by atoms with Crippen molar-refractivity contribution in [2.24, 2.45) is 0 Å². The molecule has 0 saturated carbocycles. The Bertz CT molecular complexity index is 726. The Kier molecular flexibility index (Phi) is 4.02. The van der Waals surface area contributed by atoms with Crippen molar-refractivity contribution in [1.29, 1.82) is 0 Å². The van der Waals surface area contributed by atoms with Gasteiger partial charge < -0.3 is 4.74 Å². The molecule has 22 heavy (non-hydrogen) atoms. The van der Waals surface area contributed by atoms with Gasteiger partial charge in [0.15, 0.2) is 0 Å². The van der Waals surface area contributed by atoms with E-state index in [1.165, 1.54) is 7.11 Å².